The van der Waals surface area contributed by atoms with Crippen LogP contribution in [0.5, 0.6) is 0 Å². The first-order valence-electron chi connectivity index (χ1n) is 8.16. The molecule has 0 aliphatic heterocycles. The van der Waals surface area contributed by atoms with Crippen LogP contribution in [0.4, 0.5) is 16.2 Å². The number of urea groups is 1. The molecule has 2 aromatic rings. The van der Waals surface area contributed by atoms with Gasteiger partial charge in [-0.15, -0.1) is 0 Å². The van der Waals surface area contributed by atoms with E-state index < -0.39 is 0 Å². The van der Waals surface area contributed by atoms with Gasteiger partial charge in [0.05, 0.1) is 0 Å². The largest absolute Gasteiger partial charge is 0.336 e. The number of amides is 3. The zero-order valence-corrected chi connectivity index (χ0v) is 14.7. The van der Waals surface area contributed by atoms with E-state index in [9.17, 15) is 9.59 Å². The summed E-state index contributed by atoms with van der Waals surface area (Å²) in [7, 11) is 0. The molecule has 0 radical (unpaired) electrons. The Labute approximate surface area is 148 Å². The quantitative estimate of drug-likeness (QED) is 0.716. The molecule has 0 fully saturated rings. The van der Waals surface area contributed by atoms with E-state index in [0.717, 1.165) is 11.1 Å². The zero-order valence-electron chi connectivity index (χ0n) is 14.7. The Bertz CT molecular complexity index is 765. The standard InChI is InChI=1S/C20H23N3O2/c1-14(2)21-20(25)23-18-10-8-17(9-11-18)22-19(24)12-7-16-6-4-5-15(3)13-16/h4-14H,1-3H3,(H,22,24)(H2,21,23,25)/b12-7+. The van der Waals surface area contributed by atoms with E-state index in [1.54, 1.807) is 30.3 Å². The van der Waals surface area contributed by atoms with E-state index in [1.165, 1.54) is 6.08 Å². The maximum absolute atomic E-state index is 12.0. The Balaban J connectivity index is 1.90. The molecule has 3 amide bonds. The first-order chi connectivity index (χ1) is 11.9. The minimum absolute atomic E-state index is 0.0683. The fourth-order valence-electron chi connectivity index (χ4n) is 2.20. The molecule has 0 bridgehead atoms. The lowest BCUT2D eigenvalue weighted by atomic mass is 10.1. The van der Waals surface area contributed by atoms with Crippen molar-refractivity contribution in [1.82, 2.24) is 5.32 Å². The van der Waals surface area contributed by atoms with Crippen LogP contribution in [0, 0.1) is 6.92 Å². The first kappa shape index (κ1) is 18.3. The SMILES string of the molecule is Cc1cccc(/C=C/C(=O)Nc2ccc(NC(=O)NC(C)C)cc2)c1. The van der Waals surface area contributed by atoms with Crippen molar-refractivity contribution >= 4 is 29.4 Å². The molecule has 0 spiro atoms. The molecule has 0 saturated carbocycles. The number of aryl methyl sites for hydroxylation is 1. The van der Waals surface area contributed by atoms with Gasteiger partial charge in [0, 0.05) is 23.5 Å². The molecule has 3 N–H and O–H groups in total. The van der Waals surface area contributed by atoms with Crippen LogP contribution in [0.15, 0.2) is 54.6 Å². The van der Waals surface area contributed by atoms with Crippen molar-refractivity contribution < 1.29 is 9.59 Å². The number of hydrogen-bond acceptors (Lipinski definition) is 2. The normalized spacial score (nSPS) is 10.7. The Morgan fingerprint density at radius 2 is 1.60 bits per heavy atom. The van der Waals surface area contributed by atoms with Crippen molar-refractivity contribution in [2.45, 2.75) is 26.8 Å². The smallest absolute Gasteiger partial charge is 0.319 e. The molecule has 2 aromatic carbocycles. The summed E-state index contributed by atoms with van der Waals surface area (Å²) in [5.74, 6) is -0.209. The Hall–Kier alpha value is -3.08. The summed E-state index contributed by atoms with van der Waals surface area (Å²) in [5, 5.41) is 8.26. The van der Waals surface area contributed by atoms with Gasteiger partial charge in [-0.1, -0.05) is 29.8 Å². The lowest BCUT2D eigenvalue weighted by Crippen LogP contribution is -2.34. The van der Waals surface area contributed by atoms with Gasteiger partial charge in [0.15, 0.2) is 0 Å². The Morgan fingerprint density at radius 3 is 2.20 bits per heavy atom. The van der Waals surface area contributed by atoms with E-state index in [-0.39, 0.29) is 18.0 Å². The summed E-state index contributed by atoms with van der Waals surface area (Å²) in [6.07, 6.45) is 3.27. The van der Waals surface area contributed by atoms with Crippen LogP contribution in [-0.2, 0) is 4.79 Å². The average Bonchev–Trinajstić information content (AvgIpc) is 2.54. The molecule has 0 atom stereocenters. The van der Waals surface area contributed by atoms with Crippen LogP contribution >= 0.6 is 0 Å². The van der Waals surface area contributed by atoms with Gasteiger partial charge in [-0.2, -0.15) is 0 Å². The predicted octanol–water partition coefficient (Wildman–Crippen LogP) is 4.18. The lowest BCUT2D eigenvalue weighted by Gasteiger charge is -2.10. The van der Waals surface area contributed by atoms with E-state index in [4.69, 9.17) is 0 Å². The van der Waals surface area contributed by atoms with Crippen molar-refractivity contribution in [1.29, 1.82) is 0 Å². The number of carbonyl (C=O) groups is 2. The average molecular weight is 337 g/mol. The summed E-state index contributed by atoms with van der Waals surface area (Å²) in [5.41, 5.74) is 3.44. The first-order valence-corrected chi connectivity index (χ1v) is 8.16. The predicted molar refractivity (Wildman–Crippen MR) is 103 cm³/mol. The van der Waals surface area contributed by atoms with E-state index in [2.05, 4.69) is 16.0 Å². The number of nitrogens with one attached hydrogen (secondary N) is 3. The van der Waals surface area contributed by atoms with Crippen molar-refractivity contribution in [3.63, 3.8) is 0 Å². The molecule has 0 saturated heterocycles. The number of benzene rings is 2. The van der Waals surface area contributed by atoms with Gasteiger partial charge in [-0.05, 0) is 56.7 Å². The van der Waals surface area contributed by atoms with Crippen molar-refractivity contribution in [3.05, 3.63) is 65.7 Å². The molecular weight excluding hydrogens is 314 g/mol. The number of rotatable bonds is 5. The van der Waals surface area contributed by atoms with Crippen LogP contribution in [0.25, 0.3) is 6.08 Å². The molecular formula is C20H23N3O2. The van der Waals surface area contributed by atoms with E-state index in [1.807, 2.05) is 45.0 Å². The minimum Gasteiger partial charge on any atom is -0.336 e. The van der Waals surface area contributed by atoms with Gasteiger partial charge in [0.25, 0.3) is 0 Å². The summed E-state index contributed by atoms with van der Waals surface area (Å²) < 4.78 is 0. The highest BCUT2D eigenvalue weighted by molar-refractivity contribution is 6.02. The summed E-state index contributed by atoms with van der Waals surface area (Å²) in [6, 6.07) is 14.7. The Morgan fingerprint density at radius 1 is 0.960 bits per heavy atom. The molecule has 0 aliphatic carbocycles. The highest BCUT2D eigenvalue weighted by Crippen LogP contribution is 2.14. The van der Waals surface area contributed by atoms with Crippen molar-refractivity contribution in [2.24, 2.45) is 0 Å². The van der Waals surface area contributed by atoms with Crippen LogP contribution in [0.3, 0.4) is 0 Å². The molecule has 2 rings (SSSR count). The van der Waals surface area contributed by atoms with Crippen LogP contribution in [-0.4, -0.2) is 18.0 Å². The topological polar surface area (TPSA) is 70.2 Å². The summed E-state index contributed by atoms with van der Waals surface area (Å²) in [4.78, 5) is 23.6. The minimum atomic E-state index is -0.257. The molecule has 0 aliphatic rings. The van der Waals surface area contributed by atoms with Gasteiger partial charge in [-0.25, -0.2) is 4.79 Å². The number of hydrogen-bond donors (Lipinski definition) is 3. The summed E-state index contributed by atoms with van der Waals surface area (Å²) >= 11 is 0. The highest BCUT2D eigenvalue weighted by atomic mass is 16.2. The third kappa shape index (κ3) is 6.51. The molecule has 130 valence electrons. The fraction of sp³-hybridized carbons (Fsp3) is 0.200. The van der Waals surface area contributed by atoms with Gasteiger partial charge in [0.1, 0.15) is 0 Å². The maximum atomic E-state index is 12.0. The van der Waals surface area contributed by atoms with Crippen LogP contribution < -0.4 is 16.0 Å². The molecule has 25 heavy (non-hydrogen) atoms. The Kier molecular flexibility index (Phi) is 6.34. The molecule has 5 heteroatoms. The third-order valence-electron chi connectivity index (χ3n) is 3.30. The summed E-state index contributed by atoms with van der Waals surface area (Å²) in [6.45, 7) is 5.79. The van der Waals surface area contributed by atoms with Crippen molar-refractivity contribution in [2.75, 3.05) is 10.6 Å². The lowest BCUT2D eigenvalue weighted by molar-refractivity contribution is -0.111. The van der Waals surface area contributed by atoms with Gasteiger partial charge >= 0.3 is 6.03 Å². The van der Waals surface area contributed by atoms with Crippen molar-refractivity contribution in [3.8, 4) is 0 Å². The number of anilines is 2. The third-order valence-corrected chi connectivity index (χ3v) is 3.30. The highest BCUT2D eigenvalue weighted by Gasteiger charge is 2.04. The monoisotopic (exact) mass is 337 g/mol. The van der Waals surface area contributed by atoms with E-state index in [0.29, 0.717) is 11.4 Å². The number of carbonyl (C=O) groups excluding carboxylic acids is 2. The maximum Gasteiger partial charge on any atom is 0.319 e. The fourth-order valence-corrected chi connectivity index (χ4v) is 2.20. The second-order valence-electron chi connectivity index (χ2n) is 6.07. The van der Waals surface area contributed by atoms with Gasteiger partial charge < -0.3 is 16.0 Å². The molecule has 0 heterocycles. The molecule has 5 nitrogen and oxygen atoms in total. The molecule has 0 unspecified atom stereocenters. The second-order valence-corrected chi connectivity index (χ2v) is 6.07. The second kappa shape index (κ2) is 8.68. The zero-order chi connectivity index (χ0) is 18.2. The van der Waals surface area contributed by atoms with Gasteiger partial charge in [0.2, 0.25) is 5.91 Å². The van der Waals surface area contributed by atoms with Crippen LogP contribution in [0.1, 0.15) is 25.0 Å². The molecule has 0 aromatic heterocycles. The van der Waals surface area contributed by atoms with E-state index >= 15 is 0 Å². The van der Waals surface area contributed by atoms with Gasteiger partial charge in [-0.3, -0.25) is 4.79 Å². The van der Waals surface area contributed by atoms with Crippen LogP contribution in [0.2, 0.25) is 0 Å².